The zero-order chi connectivity index (χ0) is 32.6. The van der Waals surface area contributed by atoms with Gasteiger partial charge in [0, 0.05) is 12.1 Å². The molecule has 5 aromatic carbocycles. The van der Waals surface area contributed by atoms with Gasteiger partial charge in [0.2, 0.25) is 6.29 Å². The topological polar surface area (TPSA) is 121 Å². The molecule has 1 aliphatic heterocycles. The molecule has 0 aromatic heterocycles. The smallest absolute Gasteiger partial charge is 0.269 e. The highest BCUT2D eigenvalue weighted by Crippen LogP contribution is 2.41. The fourth-order valence-corrected chi connectivity index (χ4v) is 5.86. The molecule has 2 N–H and O–H groups in total. The molecule has 0 bridgehead atoms. The molecule has 0 radical (unpaired) electrons. The van der Waals surface area contributed by atoms with Crippen LogP contribution < -0.4 is 4.74 Å². The van der Waals surface area contributed by atoms with Crippen molar-refractivity contribution in [2.24, 2.45) is 0 Å². The van der Waals surface area contributed by atoms with Crippen LogP contribution in [0.1, 0.15) is 22.3 Å². The van der Waals surface area contributed by atoms with E-state index >= 15 is 0 Å². The second kappa shape index (κ2) is 14.7. The highest BCUT2D eigenvalue weighted by atomic mass is 16.7. The number of hydrogen-bond acceptors (Lipinski definition) is 8. The summed E-state index contributed by atoms with van der Waals surface area (Å²) < 4.78 is 25.3. The Morgan fingerprint density at radius 3 is 1.66 bits per heavy atom. The number of rotatable bonds is 12. The SMILES string of the molecule is O=[N+]([O-])c1ccc(O[C@H]2O[C@H](COC(c3ccccc3)(c3ccccc3)c3ccccc3)[C@H](O)[C@H](OCc3ccccc3)[C@H]2O)cc1. The molecule has 0 spiro atoms. The van der Waals surface area contributed by atoms with Crippen LogP contribution in [0.2, 0.25) is 0 Å². The molecule has 240 valence electrons. The third kappa shape index (κ3) is 7.10. The van der Waals surface area contributed by atoms with Gasteiger partial charge in [-0.25, -0.2) is 0 Å². The van der Waals surface area contributed by atoms with Crippen molar-refractivity contribution in [3.8, 4) is 5.75 Å². The van der Waals surface area contributed by atoms with Gasteiger partial charge in [-0.05, 0) is 34.4 Å². The summed E-state index contributed by atoms with van der Waals surface area (Å²) in [4.78, 5) is 10.7. The van der Waals surface area contributed by atoms with Crippen LogP contribution in [0, 0.1) is 10.1 Å². The Hall–Kier alpha value is -4.90. The maximum atomic E-state index is 11.6. The van der Waals surface area contributed by atoms with E-state index in [9.17, 15) is 20.3 Å². The van der Waals surface area contributed by atoms with Crippen LogP contribution in [0.15, 0.2) is 146 Å². The van der Waals surface area contributed by atoms with Gasteiger partial charge in [-0.2, -0.15) is 0 Å². The summed E-state index contributed by atoms with van der Waals surface area (Å²) in [5.41, 5.74) is 2.29. The summed E-state index contributed by atoms with van der Waals surface area (Å²) in [7, 11) is 0. The zero-order valence-corrected chi connectivity index (χ0v) is 25.4. The van der Waals surface area contributed by atoms with Crippen molar-refractivity contribution in [2.75, 3.05) is 6.61 Å². The minimum absolute atomic E-state index is 0.104. The monoisotopic (exact) mass is 633 g/mol. The molecule has 0 unspecified atom stereocenters. The number of aliphatic hydroxyl groups excluding tert-OH is 2. The van der Waals surface area contributed by atoms with Crippen molar-refractivity contribution in [2.45, 2.75) is 42.9 Å². The summed E-state index contributed by atoms with van der Waals surface area (Å²) in [6, 6.07) is 44.3. The average Bonchev–Trinajstić information content (AvgIpc) is 3.12. The number of hydrogen-bond donors (Lipinski definition) is 2. The Morgan fingerprint density at radius 1 is 0.681 bits per heavy atom. The van der Waals surface area contributed by atoms with Gasteiger partial charge < -0.3 is 29.2 Å². The van der Waals surface area contributed by atoms with Gasteiger partial charge in [0.25, 0.3) is 5.69 Å². The van der Waals surface area contributed by atoms with Crippen LogP contribution in [0.5, 0.6) is 5.75 Å². The van der Waals surface area contributed by atoms with E-state index in [4.69, 9.17) is 18.9 Å². The number of nitro benzene ring substituents is 1. The average molecular weight is 634 g/mol. The van der Waals surface area contributed by atoms with Gasteiger partial charge in [-0.15, -0.1) is 0 Å². The Bertz CT molecular complexity index is 1610. The maximum Gasteiger partial charge on any atom is 0.269 e. The molecule has 47 heavy (non-hydrogen) atoms. The molecule has 1 saturated heterocycles. The third-order valence-electron chi connectivity index (χ3n) is 8.23. The molecule has 9 heteroatoms. The van der Waals surface area contributed by atoms with Crippen molar-refractivity contribution >= 4 is 5.69 Å². The second-order valence-corrected chi connectivity index (χ2v) is 11.2. The van der Waals surface area contributed by atoms with E-state index in [1.54, 1.807) is 0 Å². The normalized spacial score (nSPS) is 21.2. The molecule has 9 nitrogen and oxygen atoms in total. The van der Waals surface area contributed by atoms with Crippen molar-refractivity contribution in [3.63, 3.8) is 0 Å². The Kier molecular flexibility index (Phi) is 10.0. The molecule has 0 aliphatic carbocycles. The van der Waals surface area contributed by atoms with Gasteiger partial charge in [0.15, 0.2) is 0 Å². The lowest BCUT2D eigenvalue weighted by molar-refractivity contribution is -0.384. The Morgan fingerprint density at radius 2 is 1.17 bits per heavy atom. The van der Waals surface area contributed by atoms with Crippen molar-refractivity contribution in [1.82, 2.24) is 0 Å². The van der Waals surface area contributed by atoms with Gasteiger partial charge >= 0.3 is 0 Å². The highest BCUT2D eigenvalue weighted by Gasteiger charge is 2.48. The highest BCUT2D eigenvalue weighted by molar-refractivity contribution is 5.47. The number of nitrogens with zero attached hydrogens (tertiary/aromatic N) is 1. The van der Waals surface area contributed by atoms with Gasteiger partial charge in [-0.3, -0.25) is 10.1 Å². The fourth-order valence-electron chi connectivity index (χ4n) is 5.86. The number of nitro groups is 1. The maximum absolute atomic E-state index is 11.6. The lowest BCUT2D eigenvalue weighted by Crippen LogP contribution is -2.61. The summed E-state index contributed by atoms with van der Waals surface area (Å²) in [5, 5.41) is 34.2. The number of non-ortho nitro benzene ring substituents is 1. The van der Waals surface area contributed by atoms with Crippen molar-refractivity contribution in [1.29, 1.82) is 0 Å². The summed E-state index contributed by atoms with van der Waals surface area (Å²) in [5.74, 6) is 0.240. The third-order valence-corrected chi connectivity index (χ3v) is 8.23. The van der Waals surface area contributed by atoms with E-state index in [-0.39, 0.29) is 24.7 Å². The van der Waals surface area contributed by atoms with E-state index in [1.165, 1.54) is 24.3 Å². The van der Waals surface area contributed by atoms with Crippen LogP contribution in [0.4, 0.5) is 5.69 Å². The van der Waals surface area contributed by atoms with Crippen LogP contribution >= 0.6 is 0 Å². The van der Waals surface area contributed by atoms with E-state index in [2.05, 4.69) is 0 Å². The molecular weight excluding hydrogens is 598 g/mol. The predicted molar refractivity (Wildman–Crippen MR) is 175 cm³/mol. The zero-order valence-electron chi connectivity index (χ0n) is 25.4. The van der Waals surface area contributed by atoms with Crippen LogP contribution in [-0.4, -0.2) is 52.4 Å². The first-order chi connectivity index (χ1) is 23.0. The summed E-state index contributed by atoms with van der Waals surface area (Å²) in [6.07, 6.45) is -6.10. The van der Waals surface area contributed by atoms with Gasteiger partial charge in [0.05, 0.1) is 18.1 Å². The van der Waals surface area contributed by atoms with Crippen molar-refractivity contribution < 1.29 is 34.1 Å². The molecule has 5 aromatic rings. The van der Waals surface area contributed by atoms with E-state index in [0.29, 0.717) is 0 Å². The van der Waals surface area contributed by atoms with Crippen LogP contribution in [-0.2, 0) is 26.4 Å². The molecule has 1 fully saturated rings. The van der Waals surface area contributed by atoms with Crippen molar-refractivity contribution in [3.05, 3.63) is 178 Å². The Labute approximate surface area is 272 Å². The fraction of sp³-hybridized carbons (Fsp3) is 0.211. The first-order valence-corrected chi connectivity index (χ1v) is 15.3. The summed E-state index contributed by atoms with van der Waals surface area (Å²) >= 11 is 0. The molecule has 1 aliphatic rings. The summed E-state index contributed by atoms with van der Waals surface area (Å²) in [6.45, 7) is 0.0112. The number of aliphatic hydroxyl groups is 2. The lowest BCUT2D eigenvalue weighted by atomic mass is 9.80. The van der Waals surface area contributed by atoms with E-state index < -0.39 is 41.2 Å². The molecule has 1 heterocycles. The standard InChI is InChI=1S/C38H35NO8/c40-34-33(26-45-38(28-15-7-2-8-16-28,29-17-9-3-10-18-29)30-19-11-4-12-20-30)47-37(46-32-23-21-31(22-24-32)39(42)43)35(41)36(34)44-25-27-13-5-1-6-14-27/h1-24,33-37,40-41H,25-26H2/t33-,34+,35-,36+,37+/m1/s1. The molecular formula is C38H35NO8. The molecule has 6 rings (SSSR count). The minimum atomic E-state index is -1.40. The number of benzene rings is 5. The Balaban J connectivity index is 1.33. The van der Waals surface area contributed by atoms with Gasteiger partial charge in [-0.1, -0.05) is 121 Å². The second-order valence-electron chi connectivity index (χ2n) is 11.2. The van der Waals surface area contributed by atoms with Gasteiger partial charge in [0.1, 0.15) is 35.8 Å². The van der Waals surface area contributed by atoms with Crippen LogP contribution in [0.25, 0.3) is 0 Å². The first-order valence-electron chi connectivity index (χ1n) is 15.3. The molecule has 0 saturated carbocycles. The molecule has 5 atom stereocenters. The minimum Gasteiger partial charge on any atom is -0.462 e. The van der Waals surface area contributed by atoms with E-state index in [0.717, 1.165) is 22.3 Å². The largest absolute Gasteiger partial charge is 0.462 e. The predicted octanol–water partition coefficient (Wildman–Crippen LogP) is 6.01. The molecule has 0 amide bonds. The lowest BCUT2D eigenvalue weighted by Gasteiger charge is -2.44. The van der Waals surface area contributed by atoms with E-state index in [1.807, 2.05) is 121 Å². The van der Waals surface area contributed by atoms with Crippen LogP contribution in [0.3, 0.4) is 0 Å². The first kappa shape index (κ1) is 32.1. The number of ether oxygens (including phenoxy) is 4. The quantitative estimate of drug-likeness (QED) is 0.0974.